The van der Waals surface area contributed by atoms with E-state index in [-0.39, 0.29) is 23.0 Å². The van der Waals surface area contributed by atoms with Crippen LogP contribution in [0.25, 0.3) is 0 Å². The Balaban J connectivity index is 1.34. The van der Waals surface area contributed by atoms with Crippen LogP contribution in [0, 0.1) is 29.2 Å². The summed E-state index contributed by atoms with van der Waals surface area (Å²) in [7, 11) is 0. The number of quaternary nitrogens is 1. The van der Waals surface area contributed by atoms with Gasteiger partial charge < -0.3 is 14.5 Å². The molecule has 3 unspecified atom stereocenters. The highest BCUT2D eigenvalue weighted by Crippen LogP contribution is 2.38. The van der Waals surface area contributed by atoms with Crippen LogP contribution in [0.1, 0.15) is 27.7 Å². The summed E-state index contributed by atoms with van der Waals surface area (Å²) >= 11 is 1.39. The number of nitrogens with one attached hydrogen (secondary N) is 1. The molecule has 10 heteroatoms. The van der Waals surface area contributed by atoms with E-state index in [0.29, 0.717) is 29.0 Å². The van der Waals surface area contributed by atoms with E-state index < -0.39 is 41.4 Å². The van der Waals surface area contributed by atoms with E-state index in [2.05, 4.69) is 5.32 Å². The number of benzene rings is 2. The Hall–Kier alpha value is -3.24. The van der Waals surface area contributed by atoms with Crippen LogP contribution in [0.15, 0.2) is 53.9 Å². The Morgan fingerprint density at radius 2 is 1.83 bits per heavy atom. The van der Waals surface area contributed by atoms with Crippen molar-refractivity contribution < 1.29 is 36.4 Å². The van der Waals surface area contributed by atoms with Gasteiger partial charge in [0.15, 0.2) is 29.6 Å². The first-order valence-corrected chi connectivity index (χ1v) is 12.4. The fourth-order valence-corrected chi connectivity index (χ4v) is 5.93. The molecule has 2 bridgehead atoms. The highest BCUT2D eigenvalue weighted by Gasteiger charge is 2.54. The molecule has 36 heavy (non-hydrogen) atoms. The van der Waals surface area contributed by atoms with Crippen molar-refractivity contribution in [2.24, 2.45) is 5.92 Å². The van der Waals surface area contributed by atoms with Gasteiger partial charge in [0.05, 0.1) is 23.9 Å². The molecule has 0 amide bonds. The molecule has 3 aromatic rings. The van der Waals surface area contributed by atoms with Crippen molar-refractivity contribution in [3.05, 3.63) is 87.6 Å². The Labute approximate surface area is 208 Å². The predicted molar refractivity (Wildman–Crippen MR) is 125 cm³/mol. The lowest BCUT2D eigenvalue weighted by atomic mass is 10.0. The van der Waals surface area contributed by atoms with Crippen molar-refractivity contribution in [3.8, 4) is 0 Å². The quantitative estimate of drug-likeness (QED) is 0.148. The molecule has 5 nitrogen and oxygen atoms in total. The molecule has 2 aromatic carbocycles. The third-order valence-electron chi connectivity index (χ3n) is 6.94. The van der Waals surface area contributed by atoms with Crippen LogP contribution >= 0.6 is 11.3 Å². The SMILES string of the molecule is O=C(C[N+]12CCC(C1)[C@@H](OC(=O)C(Nc1cc(F)c(F)c(F)c1)c1cccc(F)c1)C2)c1cccs1. The second-order valence-electron chi connectivity index (χ2n) is 9.40. The zero-order valence-electron chi connectivity index (χ0n) is 19.1. The van der Waals surface area contributed by atoms with Crippen LogP contribution < -0.4 is 5.32 Å². The summed E-state index contributed by atoms with van der Waals surface area (Å²) in [5, 5.41) is 4.52. The van der Waals surface area contributed by atoms with Crippen LogP contribution in [-0.4, -0.2) is 48.5 Å². The molecule has 3 heterocycles. The number of ketones is 1. The lowest BCUT2D eigenvalue weighted by Crippen LogP contribution is -2.50. The fraction of sp³-hybridized carbons (Fsp3) is 0.308. The summed E-state index contributed by atoms with van der Waals surface area (Å²) in [6, 6.07) is 8.97. The molecule has 1 aromatic heterocycles. The van der Waals surface area contributed by atoms with E-state index in [1.807, 2.05) is 11.4 Å². The van der Waals surface area contributed by atoms with Gasteiger partial charge in [-0.05, 0) is 29.1 Å². The second kappa shape index (κ2) is 9.67. The van der Waals surface area contributed by atoms with Gasteiger partial charge >= 0.3 is 5.97 Å². The largest absolute Gasteiger partial charge is 0.454 e. The van der Waals surface area contributed by atoms with E-state index >= 15 is 0 Å². The molecule has 2 fully saturated rings. The third-order valence-corrected chi connectivity index (χ3v) is 7.86. The number of anilines is 1. The molecule has 2 aliphatic heterocycles. The van der Waals surface area contributed by atoms with Crippen LogP contribution in [0.5, 0.6) is 0 Å². The number of rotatable bonds is 8. The van der Waals surface area contributed by atoms with Gasteiger partial charge in [-0.1, -0.05) is 18.2 Å². The maximum atomic E-state index is 13.9. The molecular formula is C26H23F4N2O3S+. The van der Waals surface area contributed by atoms with Gasteiger partial charge in [-0.2, -0.15) is 0 Å². The number of piperidine rings is 1. The first kappa shape index (κ1) is 24.5. The fourth-order valence-electron chi connectivity index (χ4n) is 5.27. The number of esters is 1. The standard InChI is InChI=1S/C26H23F4N2O3S/c27-17-4-1-3-15(9-17)25(31-18-10-19(28)24(30)20(29)11-18)26(34)35-22-14-32(7-6-16(22)12-32)13-21(33)23-5-2-8-36-23/h1-5,8-11,16,22,25,31H,6-7,12-14H2/q+1/t16?,22-,25?,32?/m0/s1. The second-order valence-corrected chi connectivity index (χ2v) is 10.3. The van der Waals surface area contributed by atoms with Crippen LogP contribution in [0.2, 0.25) is 0 Å². The number of hydrogen-bond donors (Lipinski definition) is 1. The Morgan fingerprint density at radius 1 is 1.06 bits per heavy atom. The highest BCUT2D eigenvalue weighted by atomic mass is 32.1. The van der Waals surface area contributed by atoms with Crippen molar-refractivity contribution in [2.75, 3.05) is 31.5 Å². The molecule has 2 saturated heterocycles. The van der Waals surface area contributed by atoms with Crippen molar-refractivity contribution in [1.82, 2.24) is 0 Å². The van der Waals surface area contributed by atoms with Crippen molar-refractivity contribution >= 4 is 28.8 Å². The predicted octanol–water partition coefficient (Wildman–Crippen LogP) is 5.10. The van der Waals surface area contributed by atoms with Gasteiger partial charge in [0, 0.05) is 24.2 Å². The maximum absolute atomic E-state index is 13.9. The smallest absolute Gasteiger partial charge is 0.333 e. The summed E-state index contributed by atoms with van der Waals surface area (Å²) in [5.74, 6) is -5.72. The van der Waals surface area contributed by atoms with E-state index in [1.165, 1.54) is 29.5 Å². The van der Waals surface area contributed by atoms with Crippen LogP contribution in [-0.2, 0) is 9.53 Å². The summed E-state index contributed by atoms with van der Waals surface area (Å²) in [6.45, 7) is 2.32. The Bertz CT molecular complexity index is 1280. The van der Waals surface area contributed by atoms with Gasteiger partial charge in [-0.3, -0.25) is 4.79 Å². The van der Waals surface area contributed by atoms with E-state index in [1.54, 1.807) is 6.07 Å². The Kier molecular flexibility index (Phi) is 6.57. The van der Waals surface area contributed by atoms with Gasteiger partial charge in [-0.25, -0.2) is 22.4 Å². The van der Waals surface area contributed by atoms with Gasteiger partial charge in [0.25, 0.3) is 0 Å². The average Bonchev–Trinajstić information content (AvgIpc) is 3.58. The average molecular weight is 520 g/mol. The first-order valence-electron chi connectivity index (χ1n) is 11.5. The van der Waals surface area contributed by atoms with Crippen molar-refractivity contribution in [2.45, 2.75) is 18.6 Å². The lowest BCUT2D eigenvalue weighted by Gasteiger charge is -2.33. The van der Waals surface area contributed by atoms with Gasteiger partial charge in [0.2, 0.25) is 5.78 Å². The topological polar surface area (TPSA) is 55.4 Å². The third kappa shape index (κ3) is 4.87. The Morgan fingerprint density at radius 3 is 2.53 bits per heavy atom. The molecule has 5 rings (SSSR count). The number of hydrogen-bond acceptors (Lipinski definition) is 5. The minimum atomic E-state index is -1.63. The number of thiophene rings is 1. The van der Waals surface area contributed by atoms with E-state index in [0.717, 1.165) is 31.2 Å². The zero-order valence-corrected chi connectivity index (χ0v) is 19.9. The molecular weight excluding hydrogens is 496 g/mol. The molecule has 4 atom stereocenters. The summed E-state index contributed by atoms with van der Waals surface area (Å²) in [6.07, 6.45) is 0.337. The summed E-state index contributed by atoms with van der Waals surface area (Å²) in [5.41, 5.74) is -0.00951. The molecule has 188 valence electrons. The van der Waals surface area contributed by atoms with Gasteiger partial charge in [0.1, 0.15) is 18.9 Å². The number of Topliss-reactive ketones (excluding diaryl/α,β-unsaturated/α-hetero) is 1. The first-order chi connectivity index (χ1) is 17.2. The van der Waals surface area contributed by atoms with Gasteiger partial charge in [-0.15, -0.1) is 11.3 Å². The van der Waals surface area contributed by atoms with Crippen molar-refractivity contribution in [3.63, 3.8) is 0 Å². The molecule has 0 spiro atoms. The van der Waals surface area contributed by atoms with Crippen molar-refractivity contribution in [1.29, 1.82) is 0 Å². The minimum absolute atomic E-state index is 0.0530. The number of fused-ring (bicyclic) bond motifs is 2. The number of carbonyl (C=O) groups is 2. The lowest BCUT2D eigenvalue weighted by molar-refractivity contribution is -0.902. The normalized spacial score (nSPS) is 23.4. The molecule has 2 aliphatic rings. The summed E-state index contributed by atoms with van der Waals surface area (Å²) < 4.78 is 61.3. The number of ether oxygens (including phenoxy) is 1. The number of halogens is 4. The van der Waals surface area contributed by atoms with Crippen LogP contribution in [0.3, 0.4) is 0 Å². The minimum Gasteiger partial charge on any atom is -0.454 e. The van der Waals surface area contributed by atoms with E-state index in [4.69, 9.17) is 4.74 Å². The highest BCUT2D eigenvalue weighted by molar-refractivity contribution is 7.12. The number of carbonyl (C=O) groups excluding carboxylic acids is 2. The molecule has 0 radical (unpaired) electrons. The monoisotopic (exact) mass is 519 g/mol. The maximum Gasteiger partial charge on any atom is 0.333 e. The zero-order chi connectivity index (χ0) is 25.4. The summed E-state index contributed by atoms with van der Waals surface area (Å²) in [4.78, 5) is 26.7. The number of nitrogens with zero attached hydrogens (tertiary/aromatic N) is 1. The molecule has 0 saturated carbocycles. The molecule has 1 N–H and O–H groups in total. The molecule has 0 aliphatic carbocycles. The van der Waals surface area contributed by atoms with Crippen LogP contribution in [0.4, 0.5) is 23.2 Å². The van der Waals surface area contributed by atoms with E-state index in [9.17, 15) is 27.2 Å².